The van der Waals surface area contributed by atoms with Crippen molar-refractivity contribution in [1.29, 1.82) is 0 Å². The van der Waals surface area contributed by atoms with Crippen LogP contribution in [0.2, 0.25) is 0 Å². The van der Waals surface area contributed by atoms with Crippen LogP contribution in [0.5, 0.6) is 5.75 Å². The number of ether oxygens (including phenoxy) is 2. The highest BCUT2D eigenvalue weighted by Gasteiger charge is 2.21. The Bertz CT molecular complexity index is 831. The topological polar surface area (TPSA) is 114 Å². The van der Waals surface area contributed by atoms with E-state index in [1.807, 2.05) is 18.2 Å². The lowest BCUT2D eigenvalue weighted by Gasteiger charge is -2.14. The summed E-state index contributed by atoms with van der Waals surface area (Å²) in [7, 11) is 1.53. The van der Waals surface area contributed by atoms with Gasteiger partial charge in [0.2, 0.25) is 5.91 Å². The third-order valence-electron chi connectivity index (χ3n) is 3.67. The summed E-state index contributed by atoms with van der Waals surface area (Å²) >= 11 is 1.09. The summed E-state index contributed by atoms with van der Waals surface area (Å²) in [6.07, 6.45) is -0.831. The number of aliphatic carboxylic acids is 1. The molecule has 0 saturated heterocycles. The smallest absolute Gasteiger partial charge is 0.408 e. The summed E-state index contributed by atoms with van der Waals surface area (Å²) in [4.78, 5) is 35.2. The second-order valence-corrected chi connectivity index (χ2v) is 6.92. The van der Waals surface area contributed by atoms with Gasteiger partial charge in [-0.3, -0.25) is 4.79 Å². The molecule has 0 aliphatic rings. The van der Waals surface area contributed by atoms with Crippen LogP contribution in [0.25, 0.3) is 0 Å². The standard InChI is InChI=1S/C20H22N2O6S/c1-27-16-9-5-8-15(10-16)21-18(23)13-29-12-17(19(24)25)22-20(26)28-11-14-6-3-2-4-7-14/h2-10,17H,11-13H2,1H3,(H,21,23)(H,22,26)(H,24,25). The lowest BCUT2D eigenvalue weighted by molar-refractivity contribution is -0.138. The number of nitrogens with one attached hydrogen (secondary N) is 2. The average Bonchev–Trinajstić information content (AvgIpc) is 2.72. The number of benzene rings is 2. The Balaban J connectivity index is 1.74. The van der Waals surface area contributed by atoms with E-state index in [1.165, 1.54) is 7.11 Å². The second-order valence-electron chi connectivity index (χ2n) is 5.89. The molecule has 3 N–H and O–H groups in total. The average molecular weight is 418 g/mol. The Labute approximate surface area is 172 Å². The van der Waals surface area contributed by atoms with Gasteiger partial charge in [0.25, 0.3) is 0 Å². The zero-order valence-electron chi connectivity index (χ0n) is 15.8. The molecule has 29 heavy (non-hydrogen) atoms. The van der Waals surface area contributed by atoms with Gasteiger partial charge >= 0.3 is 12.1 Å². The van der Waals surface area contributed by atoms with Crippen LogP contribution in [0.4, 0.5) is 10.5 Å². The van der Waals surface area contributed by atoms with Crippen molar-refractivity contribution in [2.24, 2.45) is 0 Å². The molecule has 0 saturated carbocycles. The molecule has 0 spiro atoms. The van der Waals surface area contributed by atoms with Crippen LogP contribution in [0, 0.1) is 0 Å². The first kappa shape index (κ1) is 22.1. The number of rotatable bonds is 10. The fraction of sp³-hybridized carbons (Fsp3) is 0.250. The van der Waals surface area contributed by atoms with Gasteiger partial charge in [-0.2, -0.15) is 0 Å². The summed E-state index contributed by atoms with van der Waals surface area (Å²) in [6.45, 7) is 0.0368. The normalized spacial score (nSPS) is 11.2. The highest BCUT2D eigenvalue weighted by molar-refractivity contribution is 8.00. The van der Waals surface area contributed by atoms with Crippen molar-refractivity contribution in [3.05, 3.63) is 60.2 Å². The molecule has 154 valence electrons. The number of methoxy groups -OCH3 is 1. The molecule has 8 nitrogen and oxygen atoms in total. The van der Waals surface area contributed by atoms with E-state index in [0.29, 0.717) is 11.4 Å². The van der Waals surface area contributed by atoms with Gasteiger partial charge in [-0.15, -0.1) is 11.8 Å². The second kappa shape index (κ2) is 11.6. The molecule has 0 bridgehead atoms. The molecule has 2 aromatic carbocycles. The summed E-state index contributed by atoms with van der Waals surface area (Å²) in [5.74, 6) is -0.843. The van der Waals surface area contributed by atoms with Gasteiger partial charge < -0.3 is 25.2 Å². The monoisotopic (exact) mass is 418 g/mol. The number of carboxylic acid groups (broad SMARTS) is 1. The van der Waals surface area contributed by atoms with E-state index in [9.17, 15) is 19.5 Å². The molecule has 1 unspecified atom stereocenters. The minimum atomic E-state index is -1.21. The Hall–Kier alpha value is -3.20. The number of amides is 2. The van der Waals surface area contributed by atoms with E-state index < -0.39 is 18.1 Å². The van der Waals surface area contributed by atoms with Crippen LogP contribution in [-0.2, 0) is 20.9 Å². The van der Waals surface area contributed by atoms with Crippen LogP contribution in [-0.4, -0.2) is 47.7 Å². The van der Waals surface area contributed by atoms with E-state index in [-0.39, 0.29) is 24.0 Å². The maximum atomic E-state index is 12.0. The van der Waals surface area contributed by atoms with Gasteiger partial charge in [-0.25, -0.2) is 9.59 Å². The van der Waals surface area contributed by atoms with Crippen molar-refractivity contribution >= 4 is 35.4 Å². The summed E-state index contributed by atoms with van der Waals surface area (Å²) in [6, 6.07) is 14.8. The van der Waals surface area contributed by atoms with Crippen LogP contribution in [0.3, 0.4) is 0 Å². The Kier molecular flexibility index (Phi) is 8.84. The molecular formula is C20H22N2O6S. The zero-order valence-corrected chi connectivity index (χ0v) is 16.6. The Morgan fingerprint density at radius 2 is 1.86 bits per heavy atom. The van der Waals surface area contributed by atoms with Crippen molar-refractivity contribution < 1.29 is 29.0 Å². The first-order chi connectivity index (χ1) is 14.0. The van der Waals surface area contributed by atoms with Crippen LogP contribution >= 0.6 is 11.8 Å². The number of carbonyl (C=O) groups is 3. The van der Waals surface area contributed by atoms with Gasteiger partial charge in [0, 0.05) is 17.5 Å². The summed E-state index contributed by atoms with van der Waals surface area (Å²) < 4.78 is 10.1. The van der Waals surface area contributed by atoms with Crippen LogP contribution in [0.1, 0.15) is 5.56 Å². The minimum absolute atomic E-state index is 0.0152. The molecule has 2 aromatic rings. The molecule has 0 aliphatic carbocycles. The van der Waals surface area contributed by atoms with E-state index in [1.54, 1.807) is 36.4 Å². The SMILES string of the molecule is COc1cccc(NC(=O)CSCC(NC(=O)OCc2ccccc2)C(=O)O)c1. The number of carboxylic acids is 1. The highest BCUT2D eigenvalue weighted by Crippen LogP contribution is 2.17. The quantitative estimate of drug-likeness (QED) is 0.544. The number of carbonyl (C=O) groups excluding carboxylic acids is 2. The van der Waals surface area contributed by atoms with Crippen molar-refractivity contribution in [2.45, 2.75) is 12.6 Å². The number of hydrogen-bond acceptors (Lipinski definition) is 6. The van der Waals surface area contributed by atoms with Gasteiger partial charge in [0.15, 0.2) is 0 Å². The molecule has 0 radical (unpaired) electrons. The van der Waals surface area contributed by atoms with Crippen molar-refractivity contribution in [3.63, 3.8) is 0 Å². The van der Waals surface area contributed by atoms with Gasteiger partial charge in [0.05, 0.1) is 12.9 Å². The largest absolute Gasteiger partial charge is 0.497 e. The molecule has 2 amide bonds. The predicted octanol–water partition coefficient (Wildman–Crippen LogP) is 2.75. The van der Waals surface area contributed by atoms with Gasteiger partial charge in [-0.05, 0) is 17.7 Å². The molecule has 2 rings (SSSR count). The molecular weight excluding hydrogens is 396 g/mol. The van der Waals surface area contributed by atoms with E-state index in [2.05, 4.69) is 10.6 Å². The van der Waals surface area contributed by atoms with Crippen LogP contribution in [0.15, 0.2) is 54.6 Å². The maximum absolute atomic E-state index is 12.0. The summed E-state index contributed by atoms with van der Waals surface area (Å²) in [5.41, 5.74) is 1.37. The lowest BCUT2D eigenvalue weighted by atomic mass is 10.2. The fourth-order valence-electron chi connectivity index (χ4n) is 2.25. The van der Waals surface area contributed by atoms with Crippen LogP contribution < -0.4 is 15.4 Å². The molecule has 9 heteroatoms. The Morgan fingerprint density at radius 3 is 2.55 bits per heavy atom. The number of alkyl carbamates (subject to hydrolysis) is 1. The third-order valence-corrected chi connectivity index (χ3v) is 4.71. The third kappa shape index (κ3) is 8.14. The van der Waals surface area contributed by atoms with Crippen molar-refractivity contribution in [2.75, 3.05) is 23.9 Å². The van der Waals surface area contributed by atoms with Crippen molar-refractivity contribution in [3.8, 4) is 5.75 Å². The van der Waals surface area contributed by atoms with E-state index >= 15 is 0 Å². The van der Waals surface area contributed by atoms with E-state index in [0.717, 1.165) is 17.3 Å². The molecule has 0 fully saturated rings. The molecule has 0 aromatic heterocycles. The molecule has 0 heterocycles. The molecule has 1 atom stereocenters. The predicted molar refractivity (Wildman–Crippen MR) is 110 cm³/mol. The lowest BCUT2D eigenvalue weighted by Crippen LogP contribution is -2.43. The number of thioether (sulfide) groups is 1. The van der Waals surface area contributed by atoms with Crippen molar-refractivity contribution in [1.82, 2.24) is 5.32 Å². The van der Waals surface area contributed by atoms with E-state index in [4.69, 9.17) is 9.47 Å². The zero-order chi connectivity index (χ0) is 21.1. The minimum Gasteiger partial charge on any atom is -0.497 e. The first-order valence-corrected chi connectivity index (χ1v) is 9.85. The maximum Gasteiger partial charge on any atom is 0.408 e. The van der Waals surface area contributed by atoms with Gasteiger partial charge in [0.1, 0.15) is 18.4 Å². The summed E-state index contributed by atoms with van der Waals surface area (Å²) in [5, 5.41) is 14.3. The number of hydrogen-bond donors (Lipinski definition) is 3. The number of anilines is 1. The molecule has 0 aliphatic heterocycles. The fourth-order valence-corrected chi connectivity index (χ4v) is 3.09. The van der Waals surface area contributed by atoms with Gasteiger partial charge in [-0.1, -0.05) is 36.4 Å². The Morgan fingerprint density at radius 1 is 1.10 bits per heavy atom. The first-order valence-electron chi connectivity index (χ1n) is 8.69. The highest BCUT2D eigenvalue weighted by atomic mass is 32.2.